The van der Waals surface area contributed by atoms with Crippen molar-refractivity contribution in [2.75, 3.05) is 45.5 Å². The van der Waals surface area contributed by atoms with Gasteiger partial charge in [-0.3, -0.25) is 0 Å². The number of nitrogens with one attached hydrogen (secondary N) is 1. The predicted molar refractivity (Wildman–Crippen MR) is 89.5 cm³/mol. The molecule has 2 fully saturated rings. The lowest BCUT2D eigenvalue weighted by Crippen LogP contribution is -2.48. The topological polar surface area (TPSA) is 52.7 Å². The fourth-order valence-electron chi connectivity index (χ4n) is 3.42. The summed E-state index contributed by atoms with van der Waals surface area (Å²) in [6.45, 7) is 9.48. The van der Waals surface area contributed by atoms with Crippen molar-refractivity contribution >= 4 is 22.4 Å². The van der Waals surface area contributed by atoms with Gasteiger partial charge in [-0.15, -0.1) is 12.4 Å². The van der Waals surface area contributed by atoms with Crippen molar-refractivity contribution in [1.29, 1.82) is 0 Å². The first-order valence-corrected chi connectivity index (χ1v) is 9.36. The first-order valence-electron chi connectivity index (χ1n) is 7.75. The Balaban J connectivity index is 0.00000220. The largest absolute Gasteiger partial charge is 0.316 e. The summed E-state index contributed by atoms with van der Waals surface area (Å²) in [5.41, 5.74) is 0.397. The highest BCUT2D eigenvalue weighted by Gasteiger charge is 2.34. The molecule has 1 N–H and O–H groups in total. The molecular weight excluding hydrogens is 310 g/mol. The molecule has 2 aliphatic rings. The van der Waals surface area contributed by atoms with Crippen LogP contribution in [0.1, 0.15) is 33.1 Å². The zero-order valence-electron chi connectivity index (χ0n) is 13.5. The van der Waals surface area contributed by atoms with Crippen molar-refractivity contribution in [1.82, 2.24) is 14.5 Å². The number of rotatable bonds is 5. The molecule has 0 saturated carbocycles. The molecule has 2 rings (SSSR count). The van der Waals surface area contributed by atoms with Crippen LogP contribution in [0.3, 0.4) is 0 Å². The Morgan fingerprint density at radius 2 is 1.95 bits per heavy atom. The van der Waals surface area contributed by atoms with Crippen LogP contribution in [0.25, 0.3) is 0 Å². The summed E-state index contributed by atoms with van der Waals surface area (Å²) >= 11 is 0. The maximum atomic E-state index is 11.9. The molecule has 0 bridgehead atoms. The number of hydrogen-bond donors (Lipinski definition) is 1. The highest BCUT2D eigenvalue weighted by Crippen LogP contribution is 2.28. The summed E-state index contributed by atoms with van der Waals surface area (Å²) in [7, 11) is -1.31. The van der Waals surface area contributed by atoms with Crippen LogP contribution >= 0.6 is 12.4 Å². The molecule has 21 heavy (non-hydrogen) atoms. The Hall–Kier alpha value is 0.120. The van der Waals surface area contributed by atoms with Gasteiger partial charge in [-0.2, -0.15) is 0 Å². The lowest BCUT2D eigenvalue weighted by Gasteiger charge is -2.39. The second-order valence-electron chi connectivity index (χ2n) is 6.66. The van der Waals surface area contributed by atoms with Gasteiger partial charge in [0, 0.05) is 26.2 Å². The Labute approximate surface area is 135 Å². The number of halogens is 1. The van der Waals surface area contributed by atoms with E-state index in [0.29, 0.717) is 5.41 Å². The molecule has 7 heteroatoms. The molecule has 2 heterocycles. The summed E-state index contributed by atoms with van der Waals surface area (Å²) in [5, 5.41) is 3.44. The SMILES string of the molecule is CCS(=O)(=O)N(C)C1CCN(CC2(C)CCNC2)CC1.Cl. The van der Waals surface area contributed by atoms with Crippen molar-refractivity contribution in [2.45, 2.75) is 39.2 Å². The van der Waals surface area contributed by atoms with Crippen LogP contribution in [0.15, 0.2) is 0 Å². The van der Waals surface area contributed by atoms with Gasteiger partial charge < -0.3 is 10.2 Å². The van der Waals surface area contributed by atoms with Gasteiger partial charge in [0.1, 0.15) is 0 Å². The van der Waals surface area contributed by atoms with Crippen molar-refractivity contribution < 1.29 is 8.42 Å². The van der Waals surface area contributed by atoms with E-state index in [1.54, 1.807) is 18.3 Å². The summed E-state index contributed by atoms with van der Waals surface area (Å²) in [6, 6.07) is 0.186. The van der Waals surface area contributed by atoms with E-state index in [0.717, 1.165) is 45.6 Å². The monoisotopic (exact) mass is 339 g/mol. The third kappa shape index (κ3) is 4.79. The van der Waals surface area contributed by atoms with E-state index in [-0.39, 0.29) is 24.2 Å². The lowest BCUT2D eigenvalue weighted by molar-refractivity contribution is 0.122. The standard InChI is InChI=1S/C14H29N3O2S.ClH/c1-4-20(18,19)16(3)13-5-9-17(10-6-13)12-14(2)7-8-15-11-14;/h13,15H,4-12H2,1-3H3;1H. The first kappa shape index (κ1) is 19.2. The van der Waals surface area contributed by atoms with E-state index in [2.05, 4.69) is 17.1 Å². The molecule has 0 spiro atoms. The number of nitrogens with zero attached hydrogens (tertiary/aromatic N) is 2. The van der Waals surface area contributed by atoms with Gasteiger partial charge in [-0.25, -0.2) is 12.7 Å². The molecule has 2 aliphatic heterocycles. The Morgan fingerprint density at radius 3 is 2.43 bits per heavy atom. The molecule has 0 amide bonds. The summed E-state index contributed by atoms with van der Waals surface area (Å²) in [6.07, 6.45) is 3.16. The van der Waals surface area contributed by atoms with Gasteiger partial charge >= 0.3 is 0 Å². The maximum Gasteiger partial charge on any atom is 0.213 e. The second kappa shape index (κ2) is 7.59. The van der Waals surface area contributed by atoms with E-state index in [4.69, 9.17) is 0 Å². The van der Waals surface area contributed by atoms with Crippen LogP contribution in [0, 0.1) is 5.41 Å². The van der Waals surface area contributed by atoms with Gasteiger partial charge in [0.2, 0.25) is 10.0 Å². The van der Waals surface area contributed by atoms with Crippen LogP contribution < -0.4 is 5.32 Å². The van der Waals surface area contributed by atoms with E-state index in [9.17, 15) is 8.42 Å². The van der Waals surface area contributed by atoms with Crippen LogP contribution in [0.2, 0.25) is 0 Å². The van der Waals surface area contributed by atoms with Gasteiger partial charge in [0.05, 0.1) is 5.75 Å². The normalized spacial score (nSPS) is 28.8. The highest BCUT2D eigenvalue weighted by atomic mass is 35.5. The Kier molecular flexibility index (Phi) is 6.93. The fraction of sp³-hybridized carbons (Fsp3) is 1.00. The quantitative estimate of drug-likeness (QED) is 0.816. The lowest BCUT2D eigenvalue weighted by atomic mass is 9.88. The van der Waals surface area contributed by atoms with Gasteiger partial charge in [-0.05, 0) is 51.2 Å². The third-order valence-electron chi connectivity index (χ3n) is 4.94. The number of hydrogen-bond acceptors (Lipinski definition) is 4. The molecule has 0 aromatic carbocycles. The van der Waals surface area contributed by atoms with Crippen molar-refractivity contribution in [3.63, 3.8) is 0 Å². The van der Waals surface area contributed by atoms with Crippen LogP contribution in [-0.4, -0.2) is 69.2 Å². The molecular formula is C14H30ClN3O2S. The summed E-state index contributed by atoms with van der Waals surface area (Å²) in [4.78, 5) is 2.51. The molecule has 1 atom stereocenters. The van der Waals surface area contributed by atoms with Crippen LogP contribution in [0.4, 0.5) is 0 Å². The minimum Gasteiger partial charge on any atom is -0.316 e. The third-order valence-corrected chi connectivity index (χ3v) is 6.84. The van der Waals surface area contributed by atoms with Crippen molar-refractivity contribution in [3.8, 4) is 0 Å². The van der Waals surface area contributed by atoms with Gasteiger partial charge in [0.25, 0.3) is 0 Å². The molecule has 1 unspecified atom stereocenters. The van der Waals surface area contributed by atoms with E-state index < -0.39 is 10.0 Å². The fourth-order valence-corrected chi connectivity index (χ4v) is 4.49. The second-order valence-corrected chi connectivity index (χ2v) is 8.98. The van der Waals surface area contributed by atoms with Gasteiger partial charge in [0.15, 0.2) is 0 Å². The summed E-state index contributed by atoms with van der Waals surface area (Å²) < 4.78 is 25.4. The van der Waals surface area contributed by atoms with E-state index >= 15 is 0 Å². The van der Waals surface area contributed by atoms with E-state index in [1.165, 1.54) is 6.42 Å². The highest BCUT2D eigenvalue weighted by molar-refractivity contribution is 7.89. The van der Waals surface area contributed by atoms with Crippen LogP contribution in [-0.2, 0) is 10.0 Å². The molecule has 5 nitrogen and oxygen atoms in total. The Morgan fingerprint density at radius 1 is 1.33 bits per heavy atom. The van der Waals surface area contributed by atoms with Gasteiger partial charge in [-0.1, -0.05) is 6.92 Å². The number of likely N-dealkylation sites (tertiary alicyclic amines) is 1. The molecule has 2 saturated heterocycles. The van der Waals surface area contributed by atoms with E-state index in [1.807, 2.05) is 0 Å². The van der Waals surface area contributed by atoms with Crippen LogP contribution in [0.5, 0.6) is 0 Å². The molecule has 126 valence electrons. The Bertz CT molecular complexity index is 416. The molecule has 0 radical (unpaired) electrons. The maximum absolute atomic E-state index is 11.9. The zero-order chi connectivity index (χ0) is 14.8. The molecule has 0 aromatic rings. The van der Waals surface area contributed by atoms with Crippen molar-refractivity contribution in [2.24, 2.45) is 5.41 Å². The average Bonchev–Trinajstić information content (AvgIpc) is 2.85. The minimum absolute atomic E-state index is 0. The number of piperidine rings is 1. The average molecular weight is 340 g/mol. The zero-order valence-corrected chi connectivity index (χ0v) is 15.1. The minimum atomic E-state index is -3.04. The molecule has 0 aliphatic carbocycles. The summed E-state index contributed by atoms with van der Waals surface area (Å²) in [5.74, 6) is 0.202. The first-order chi connectivity index (χ1) is 9.36. The number of sulfonamides is 1. The molecule has 0 aromatic heterocycles. The van der Waals surface area contributed by atoms with Crippen molar-refractivity contribution in [3.05, 3.63) is 0 Å². The smallest absolute Gasteiger partial charge is 0.213 e. The predicted octanol–water partition coefficient (Wildman–Crippen LogP) is 1.15.